The first-order chi connectivity index (χ1) is 17.0. The van der Waals surface area contributed by atoms with Crippen LogP contribution in [0.1, 0.15) is 69.1 Å². The number of carbonyl (C=O) groups excluding carboxylic acids is 2. The van der Waals surface area contributed by atoms with Crippen LogP contribution in [0.5, 0.6) is 0 Å². The summed E-state index contributed by atoms with van der Waals surface area (Å²) in [5.74, 6) is -1.48. The van der Waals surface area contributed by atoms with Crippen molar-refractivity contribution < 1.29 is 27.8 Å². The maximum absolute atomic E-state index is 15.6. The van der Waals surface area contributed by atoms with Gasteiger partial charge in [-0.1, -0.05) is 30.3 Å². The Morgan fingerprint density at radius 3 is 2.39 bits per heavy atom. The van der Waals surface area contributed by atoms with E-state index < -0.39 is 23.3 Å². The summed E-state index contributed by atoms with van der Waals surface area (Å²) >= 11 is 0. The van der Waals surface area contributed by atoms with Crippen LogP contribution in [0.4, 0.5) is 24.1 Å². The number of rotatable bonds is 4. The van der Waals surface area contributed by atoms with E-state index in [-0.39, 0.29) is 42.5 Å². The van der Waals surface area contributed by atoms with Crippen LogP contribution in [-0.2, 0) is 22.5 Å². The first kappa shape index (κ1) is 25.9. The fraction of sp³-hybridized carbons (Fsp3) is 0.500. The van der Waals surface area contributed by atoms with Crippen molar-refractivity contribution in [3.05, 3.63) is 64.7 Å². The number of fused-ring (bicyclic) bond motifs is 1. The van der Waals surface area contributed by atoms with Crippen molar-refractivity contribution in [2.24, 2.45) is 0 Å². The highest BCUT2D eigenvalue weighted by Crippen LogP contribution is 2.42. The normalized spacial score (nSPS) is 19.6. The summed E-state index contributed by atoms with van der Waals surface area (Å²) in [5, 5.41) is 0. The summed E-state index contributed by atoms with van der Waals surface area (Å²) < 4.78 is 41.6. The summed E-state index contributed by atoms with van der Waals surface area (Å²) in [6, 6.07) is 10.5. The molecule has 1 aliphatic heterocycles. The standard InChI is InChI=1S/C28H34F2N2O4/c1-28(2,3)36-26(33)31(4)20-12-10-19(11-13-20)24-22(29)16-23-21(25(24)30)14-15-32(23)27(34)35-17-18-8-6-5-7-9-18/h5-9,16,19-20H,10-15,17H2,1-4H3. The molecule has 0 unspecified atom stereocenters. The number of benzene rings is 2. The van der Waals surface area contributed by atoms with E-state index in [2.05, 4.69) is 0 Å². The molecule has 0 N–H and O–H groups in total. The zero-order valence-electron chi connectivity index (χ0n) is 21.4. The monoisotopic (exact) mass is 500 g/mol. The Kier molecular flexibility index (Phi) is 7.52. The van der Waals surface area contributed by atoms with Crippen LogP contribution in [0.2, 0.25) is 0 Å². The van der Waals surface area contributed by atoms with E-state index in [1.165, 1.54) is 11.0 Å². The number of nitrogens with zero attached hydrogens (tertiary/aromatic N) is 2. The van der Waals surface area contributed by atoms with Crippen LogP contribution in [0.15, 0.2) is 36.4 Å². The Morgan fingerprint density at radius 1 is 1.08 bits per heavy atom. The van der Waals surface area contributed by atoms with Gasteiger partial charge in [-0.15, -0.1) is 0 Å². The molecule has 2 amide bonds. The molecule has 0 bridgehead atoms. The molecule has 4 rings (SSSR count). The van der Waals surface area contributed by atoms with E-state index in [0.29, 0.717) is 37.7 Å². The molecule has 0 atom stereocenters. The average molecular weight is 501 g/mol. The molecular formula is C28H34F2N2O4. The first-order valence-corrected chi connectivity index (χ1v) is 12.5. The molecule has 1 fully saturated rings. The predicted molar refractivity (Wildman–Crippen MR) is 133 cm³/mol. The second-order valence-electron chi connectivity index (χ2n) is 10.6. The molecule has 2 aliphatic rings. The number of ether oxygens (including phenoxy) is 2. The van der Waals surface area contributed by atoms with Gasteiger partial charge in [0.2, 0.25) is 0 Å². The van der Waals surface area contributed by atoms with Crippen LogP contribution < -0.4 is 4.90 Å². The van der Waals surface area contributed by atoms with Gasteiger partial charge in [-0.25, -0.2) is 18.4 Å². The van der Waals surface area contributed by atoms with Crippen LogP contribution in [0.25, 0.3) is 0 Å². The lowest BCUT2D eigenvalue weighted by molar-refractivity contribution is 0.0182. The number of amides is 2. The average Bonchev–Trinajstić information content (AvgIpc) is 3.26. The minimum absolute atomic E-state index is 0.0356. The van der Waals surface area contributed by atoms with Crippen LogP contribution in [0.3, 0.4) is 0 Å². The van der Waals surface area contributed by atoms with Crippen molar-refractivity contribution in [1.82, 2.24) is 4.90 Å². The molecule has 0 spiro atoms. The third kappa shape index (κ3) is 5.63. The summed E-state index contributed by atoms with van der Waals surface area (Å²) in [6.07, 6.45) is 1.70. The van der Waals surface area contributed by atoms with Gasteiger partial charge in [0.05, 0.1) is 5.69 Å². The lowest BCUT2D eigenvalue weighted by Gasteiger charge is -2.36. The molecule has 194 valence electrons. The Labute approximate surface area is 211 Å². The number of hydrogen-bond donors (Lipinski definition) is 0. The van der Waals surface area contributed by atoms with Gasteiger partial charge >= 0.3 is 12.2 Å². The molecule has 1 heterocycles. The summed E-state index contributed by atoms with van der Waals surface area (Å²) in [4.78, 5) is 27.9. The highest BCUT2D eigenvalue weighted by atomic mass is 19.1. The van der Waals surface area contributed by atoms with Crippen molar-refractivity contribution in [3.8, 4) is 0 Å². The third-order valence-corrected chi connectivity index (χ3v) is 6.97. The molecule has 1 aliphatic carbocycles. The van der Waals surface area contributed by atoms with Crippen molar-refractivity contribution in [1.29, 1.82) is 0 Å². The Balaban J connectivity index is 1.42. The Hall–Kier alpha value is -3.16. The van der Waals surface area contributed by atoms with Gasteiger partial charge in [-0.2, -0.15) is 0 Å². The third-order valence-electron chi connectivity index (χ3n) is 6.97. The molecule has 0 aromatic heterocycles. The second kappa shape index (κ2) is 10.4. The quantitative estimate of drug-likeness (QED) is 0.477. The number of halogens is 2. The topological polar surface area (TPSA) is 59.1 Å². The van der Waals surface area contributed by atoms with Crippen LogP contribution >= 0.6 is 0 Å². The van der Waals surface area contributed by atoms with Crippen molar-refractivity contribution in [2.75, 3.05) is 18.5 Å². The zero-order valence-corrected chi connectivity index (χ0v) is 21.4. The maximum Gasteiger partial charge on any atom is 0.414 e. The van der Waals surface area contributed by atoms with Crippen molar-refractivity contribution in [2.45, 2.75) is 77.0 Å². The molecule has 8 heteroatoms. The van der Waals surface area contributed by atoms with E-state index >= 15 is 8.78 Å². The lowest BCUT2D eigenvalue weighted by Crippen LogP contribution is -2.42. The van der Waals surface area contributed by atoms with E-state index in [9.17, 15) is 9.59 Å². The van der Waals surface area contributed by atoms with Crippen molar-refractivity contribution in [3.63, 3.8) is 0 Å². The van der Waals surface area contributed by atoms with Gasteiger partial charge in [0.1, 0.15) is 23.8 Å². The predicted octanol–water partition coefficient (Wildman–Crippen LogP) is 6.56. The minimum Gasteiger partial charge on any atom is -0.444 e. The SMILES string of the molecule is CN(C(=O)OC(C)(C)C)C1CCC(c2c(F)cc3c(c2F)CCN3C(=O)OCc2ccccc2)CC1. The van der Waals surface area contributed by atoms with E-state index in [0.717, 1.165) is 5.56 Å². The van der Waals surface area contributed by atoms with Gasteiger partial charge in [-0.3, -0.25) is 4.90 Å². The maximum atomic E-state index is 15.6. The van der Waals surface area contributed by atoms with Gasteiger partial charge in [0, 0.05) is 30.8 Å². The van der Waals surface area contributed by atoms with Gasteiger partial charge in [-0.05, 0) is 70.4 Å². The van der Waals surface area contributed by atoms with E-state index in [1.807, 2.05) is 51.1 Å². The van der Waals surface area contributed by atoms with Gasteiger partial charge in [0.15, 0.2) is 0 Å². The second-order valence-corrected chi connectivity index (χ2v) is 10.6. The Bertz CT molecular complexity index is 1110. The molecule has 36 heavy (non-hydrogen) atoms. The Morgan fingerprint density at radius 2 is 1.75 bits per heavy atom. The zero-order chi connectivity index (χ0) is 26.0. The fourth-order valence-electron chi connectivity index (χ4n) is 5.08. The smallest absolute Gasteiger partial charge is 0.414 e. The summed E-state index contributed by atoms with van der Waals surface area (Å²) in [6.45, 7) is 5.79. The number of hydrogen-bond acceptors (Lipinski definition) is 4. The molecule has 0 saturated heterocycles. The van der Waals surface area contributed by atoms with Crippen LogP contribution in [0, 0.1) is 11.6 Å². The molecular weight excluding hydrogens is 466 g/mol. The summed E-state index contributed by atoms with van der Waals surface area (Å²) in [7, 11) is 1.71. The molecule has 0 radical (unpaired) electrons. The van der Waals surface area contributed by atoms with Crippen molar-refractivity contribution >= 4 is 17.9 Å². The molecule has 1 saturated carbocycles. The van der Waals surface area contributed by atoms with E-state index in [4.69, 9.17) is 9.47 Å². The molecule has 6 nitrogen and oxygen atoms in total. The minimum atomic E-state index is -0.641. The highest BCUT2D eigenvalue weighted by molar-refractivity contribution is 5.90. The lowest BCUT2D eigenvalue weighted by atomic mass is 9.80. The van der Waals surface area contributed by atoms with Crippen LogP contribution in [-0.4, -0.2) is 42.3 Å². The van der Waals surface area contributed by atoms with Gasteiger partial charge < -0.3 is 14.4 Å². The first-order valence-electron chi connectivity index (χ1n) is 12.5. The number of anilines is 1. The largest absolute Gasteiger partial charge is 0.444 e. The summed E-state index contributed by atoms with van der Waals surface area (Å²) in [5.41, 5.74) is 0.944. The number of carbonyl (C=O) groups is 2. The molecule has 2 aromatic carbocycles. The van der Waals surface area contributed by atoms with E-state index in [1.54, 1.807) is 11.9 Å². The van der Waals surface area contributed by atoms with Gasteiger partial charge in [0.25, 0.3) is 0 Å². The highest BCUT2D eigenvalue weighted by Gasteiger charge is 2.36. The fourth-order valence-corrected chi connectivity index (χ4v) is 5.08. The molecule has 2 aromatic rings.